The lowest BCUT2D eigenvalue weighted by atomic mass is 10.0. The van der Waals surface area contributed by atoms with Gasteiger partial charge in [-0.2, -0.15) is 0 Å². The summed E-state index contributed by atoms with van der Waals surface area (Å²) in [6.07, 6.45) is 8.12. The maximum absolute atomic E-state index is 4.44. The number of nitrogens with zero attached hydrogens (tertiary/aromatic N) is 1. The number of piperidine rings is 1. The van der Waals surface area contributed by atoms with Crippen LogP contribution in [0.4, 0.5) is 0 Å². The molecule has 2 N–H and O–H groups in total. The van der Waals surface area contributed by atoms with Crippen molar-refractivity contribution in [3.05, 3.63) is 17.7 Å². The molecule has 0 bridgehead atoms. The second-order valence-electron chi connectivity index (χ2n) is 4.05. The molecule has 3 nitrogen and oxygen atoms in total. The SMILES string of the molecule is CCCc1cnc(C2CCCCN2)[nH]1. The molecule has 1 aromatic rings. The quantitative estimate of drug-likeness (QED) is 0.772. The van der Waals surface area contributed by atoms with Gasteiger partial charge in [0.25, 0.3) is 0 Å². The molecule has 2 heterocycles. The molecule has 0 radical (unpaired) electrons. The average molecular weight is 193 g/mol. The zero-order valence-corrected chi connectivity index (χ0v) is 8.84. The standard InChI is InChI=1S/C11H19N3/c1-2-5-9-8-13-11(14-9)10-6-3-4-7-12-10/h8,10,12H,2-7H2,1H3,(H,13,14). The molecular formula is C11H19N3. The minimum absolute atomic E-state index is 0.467. The van der Waals surface area contributed by atoms with Gasteiger partial charge in [0, 0.05) is 11.9 Å². The molecule has 1 aromatic heterocycles. The van der Waals surface area contributed by atoms with Gasteiger partial charge in [0.2, 0.25) is 0 Å². The summed E-state index contributed by atoms with van der Waals surface area (Å²) in [4.78, 5) is 7.85. The Labute approximate surface area is 85.3 Å². The Morgan fingerprint density at radius 3 is 3.14 bits per heavy atom. The van der Waals surface area contributed by atoms with Crippen LogP contribution in [0.3, 0.4) is 0 Å². The smallest absolute Gasteiger partial charge is 0.123 e. The van der Waals surface area contributed by atoms with Gasteiger partial charge < -0.3 is 10.3 Å². The van der Waals surface area contributed by atoms with E-state index in [0.29, 0.717) is 6.04 Å². The first-order chi connectivity index (χ1) is 6.90. The molecule has 3 heteroatoms. The second-order valence-corrected chi connectivity index (χ2v) is 4.05. The molecule has 0 amide bonds. The predicted octanol–water partition coefficient (Wildman–Crippen LogP) is 2.18. The van der Waals surface area contributed by atoms with Gasteiger partial charge in [0.05, 0.1) is 6.04 Å². The maximum Gasteiger partial charge on any atom is 0.123 e. The first kappa shape index (κ1) is 9.71. The number of hydrogen-bond donors (Lipinski definition) is 2. The van der Waals surface area contributed by atoms with E-state index in [2.05, 4.69) is 22.2 Å². The van der Waals surface area contributed by atoms with Gasteiger partial charge >= 0.3 is 0 Å². The molecular weight excluding hydrogens is 174 g/mol. The lowest BCUT2D eigenvalue weighted by Crippen LogP contribution is -2.27. The third-order valence-corrected chi connectivity index (χ3v) is 2.81. The number of aryl methyl sites for hydroxylation is 1. The number of imidazole rings is 1. The van der Waals surface area contributed by atoms with Crippen molar-refractivity contribution in [3.8, 4) is 0 Å². The van der Waals surface area contributed by atoms with E-state index in [0.717, 1.165) is 18.8 Å². The fourth-order valence-electron chi connectivity index (χ4n) is 2.04. The molecule has 0 aromatic carbocycles. The number of aromatic nitrogens is 2. The number of hydrogen-bond acceptors (Lipinski definition) is 2. The Balaban J connectivity index is 2.00. The molecule has 1 fully saturated rings. The minimum atomic E-state index is 0.467. The zero-order valence-electron chi connectivity index (χ0n) is 8.84. The topological polar surface area (TPSA) is 40.7 Å². The Morgan fingerprint density at radius 1 is 1.50 bits per heavy atom. The highest BCUT2D eigenvalue weighted by molar-refractivity contribution is 5.05. The van der Waals surface area contributed by atoms with Gasteiger partial charge in [0.15, 0.2) is 0 Å². The fourth-order valence-corrected chi connectivity index (χ4v) is 2.04. The zero-order chi connectivity index (χ0) is 9.80. The average Bonchev–Trinajstić information content (AvgIpc) is 2.68. The van der Waals surface area contributed by atoms with Crippen LogP contribution in [0, 0.1) is 0 Å². The summed E-state index contributed by atoms with van der Waals surface area (Å²) < 4.78 is 0. The maximum atomic E-state index is 4.44. The van der Waals surface area contributed by atoms with Gasteiger partial charge in [-0.05, 0) is 25.8 Å². The largest absolute Gasteiger partial charge is 0.345 e. The van der Waals surface area contributed by atoms with Crippen molar-refractivity contribution in [1.82, 2.24) is 15.3 Å². The molecule has 14 heavy (non-hydrogen) atoms. The molecule has 1 atom stereocenters. The molecule has 1 saturated heterocycles. The van der Waals surface area contributed by atoms with Crippen LogP contribution in [0.2, 0.25) is 0 Å². The van der Waals surface area contributed by atoms with E-state index in [9.17, 15) is 0 Å². The molecule has 0 spiro atoms. The highest BCUT2D eigenvalue weighted by Crippen LogP contribution is 2.20. The molecule has 1 aliphatic rings. The Hall–Kier alpha value is -0.830. The van der Waals surface area contributed by atoms with Crippen LogP contribution >= 0.6 is 0 Å². The third-order valence-electron chi connectivity index (χ3n) is 2.81. The van der Waals surface area contributed by atoms with Gasteiger partial charge in [-0.1, -0.05) is 19.8 Å². The van der Waals surface area contributed by atoms with Gasteiger partial charge in [0.1, 0.15) is 5.82 Å². The van der Waals surface area contributed by atoms with Gasteiger partial charge in [-0.25, -0.2) is 4.98 Å². The lowest BCUT2D eigenvalue weighted by Gasteiger charge is -2.21. The van der Waals surface area contributed by atoms with E-state index in [1.54, 1.807) is 0 Å². The summed E-state index contributed by atoms with van der Waals surface area (Å²) in [6, 6.07) is 0.467. The van der Waals surface area contributed by atoms with Crippen molar-refractivity contribution >= 4 is 0 Å². The summed E-state index contributed by atoms with van der Waals surface area (Å²) in [5.41, 5.74) is 1.27. The summed E-state index contributed by atoms with van der Waals surface area (Å²) in [5.74, 6) is 1.13. The summed E-state index contributed by atoms with van der Waals surface area (Å²) in [5, 5.41) is 3.50. The second kappa shape index (κ2) is 4.60. The highest BCUT2D eigenvalue weighted by Gasteiger charge is 2.16. The van der Waals surface area contributed by atoms with Crippen molar-refractivity contribution in [3.63, 3.8) is 0 Å². The van der Waals surface area contributed by atoms with Crippen molar-refractivity contribution < 1.29 is 0 Å². The van der Waals surface area contributed by atoms with E-state index < -0.39 is 0 Å². The van der Waals surface area contributed by atoms with Gasteiger partial charge in [-0.3, -0.25) is 0 Å². The van der Waals surface area contributed by atoms with Crippen LogP contribution in [0.1, 0.15) is 50.2 Å². The molecule has 0 aliphatic carbocycles. The Morgan fingerprint density at radius 2 is 2.43 bits per heavy atom. The van der Waals surface area contributed by atoms with Crippen LogP contribution < -0.4 is 5.32 Å². The first-order valence-corrected chi connectivity index (χ1v) is 5.67. The number of nitrogens with one attached hydrogen (secondary N) is 2. The number of aromatic amines is 1. The van der Waals surface area contributed by atoms with E-state index >= 15 is 0 Å². The van der Waals surface area contributed by atoms with Crippen molar-refractivity contribution in [2.24, 2.45) is 0 Å². The van der Waals surface area contributed by atoms with E-state index in [-0.39, 0.29) is 0 Å². The first-order valence-electron chi connectivity index (χ1n) is 5.67. The van der Waals surface area contributed by atoms with Crippen LogP contribution in [-0.4, -0.2) is 16.5 Å². The highest BCUT2D eigenvalue weighted by atomic mass is 15.0. The molecule has 1 aliphatic heterocycles. The Kier molecular flexibility index (Phi) is 3.19. The molecule has 2 rings (SSSR count). The normalized spacial score (nSPS) is 22.5. The lowest BCUT2D eigenvalue weighted by molar-refractivity contribution is 0.399. The van der Waals surface area contributed by atoms with E-state index in [1.165, 1.54) is 31.4 Å². The molecule has 78 valence electrons. The van der Waals surface area contributed by atoms with Crippen molar-refractivity contribution in [1.29, 1.82) is 0 Å². The van der Waals surface area contributed by atoms with Crippen molar-refractivity contribution in [2.75, 3.05) is 6.54 Å². The minimum Gasteiger partial charge on any atom is -0.345 e. The molecule has 0 saturated carbocycles. The number of H-pyrrole nitrogens is 1. The van der Waals surface area contributed by atoms with E-state index in [4.69, 9.17) is 0 Å². The van der Waals surface area contributed by atoms with Crippen molar-refractivity contribution in [2.45, 2.75) is 45.1 Å². The van der Waals surface area contributed by atoms with Gasteiger partial charge in [-0.15, -0.1) is 0 Å². The monoisotopic (exact) mass is 193 g/mol. The van der Waals surface area contributed by atoms with Crippen LogP contribution in [0.5, 0.6) is 0 Å². The van der Waals surface area contributed by atoms with Crippen LogP contribution in [-0.2, 0) is 6.42 Å². The number of rotatable bonds is 3. The third kappa shape index (κ3) is 2.15. The fraction of sp³-hybridized carbons (Fsp3) is 0.727. The van der Waals surface area contributed by atoms with Crippen LogP contribution in [0.25, 0.3) is 0 Å². The Bertz CT molecular complexity index is 274. The summed E-state index contributed by atoms with van der Waals surface area (Å²) in [6.45, 7) is 3.33. The predicted molar refractivity (Wildman–Crippen MR) is 57.2 cm³/mol. The summed E-state index contributed by atoms with van der Waals surface area (Å²) in [7, 11) is 0. The van der Waals surface area contributed by atoms with Crippen LogP contribution in [0.15, 0.2) is 6.20 Å². The summed E-state index contributed by atoms with van der Waals surface area (Å²) >= 11 is 0. The molecule has 1 unspecified atom stereocenters. The van der Waals surface area contributed by atoms with E-state index in [1.807, 2.05) is 6.20 Å².